The number of rotatable bonds is 2. The highest BCUT2D eigenvalue weighted by Gasteiger charge is 2.23. The molecule has 72 valence electrons. The van der Waals surface area contributed by atoms with Crippen LogP contribution < -0.4 is 5.32 Å². The standard InChI is InChI=1S/C8H12N2O3/c1-6(4-9)10-8(11)7-5-12-2-3-13-7/h6-7H,2-3,5H2,1H3,(H,10,11). The van der Waals surface area contributed by atoms with Gasteiger partial charge in [0, 0.05) is 0 Å². The molecular weight excluding hydrogens is 172 g/mol. The van der Waals surface area contributed by atoms with Crippen LogP contribution in [0.4, 0.5) is 0 Å². The van der Waals surface area contributed by atoms with Gasteiger partial charge < -0.3 is 14.8 Å². The summed E-state index contributed by atoms with van der Waals surface area (Å²) >= 11 is 0. The average Bonchev–Trinajstić information content (AvgIpc) is 2.19. The average molecular weight is 184 g/mol. The summed E-state index contributed by atoms with van der Waals surface area (Å²) in [6, 6.07) is 1.42. The van der Waals surface area contributed by atoms with Crippen molar-refractivity contribution in [3.8, 4) is 6.07 Å². The van der Waals surface area contributed by atoms with Crippen molar-refractivity contribution in [2.45, 2.75) is 19.1 Å². The van der Waals surface area contributed by atoms with Crippen molar-refractivity contribution in [2.24, 2.45) is 0 Å². The molecule has 1 fully saturated rings. The van der Waals surface area contributed by atoms with Crippen molar-refractivity contribution in [2.75, 3.05) is 19.8 Å². The van der Waals surface area contributed by atoms with Crippen molar-refractivity contribution in [3.05, 3.63) is 0 Å². The van der Waals surface area contributed by atoms with Crippen molar-refractivity contribution in [1.29, 1.82) is 5.26 Å². The molecule has 0 aromatic heterocycles. The molecule has 0 aliphatic carbocycles. The number of ether oxygens (including phenoxy) is 2. The fourth-order valence-electron chi connectivity index (χ4n) is 0.978. The predicted octanol–water partition coefficient (Wildman–Crippen LogP) is -0.570. The van der Waals surface area contributed by atoms with E-state index in [4.69, 9.17) is 14.7 Å². The second-order valence-electron chi connectivity index (χ2n) is 2.79. The molecule has 0 radical (unpaired) electrons. The number of amides is 1. The number of nitrogens with zero attached hydrogens (tertiary/aromatic N) is 1. The van der Waals surface area contributed by atoms with Gasteiger partial charge in [0.15, 0.2) is 6.10 Å². The third-order valence-electron chi connectivity index (χ3n) is 1.66. The number of hydrogen-bond acceptors (Lipinski definition) is 4. The van der Waals surface area contributed by atoms with E-state index in [1.165, 1.54) is 0 Å². The van der Waals surface area contributed by atoms with Gasteiger partial charge in [0.05, 0.1) is 25.9 Å². The van der Waals surface area contributed by atoms with Gasteiger partial charge in [0.2, 0.25) is 0 Å². The zero-order valence-electron chi connectivity index (χ0n) is 7.45. The molecule has 0 spiro atoms. The van der Waals surface area contributed by atoms with Crippen molar-refractivity contribution in [1.82, 2.24) is 5.32 Å². The van der Waals surface area contributed by atoms with Gasteiger partial charge in [-0.05, 0) is 6.92 Å². The van der Waals surface area contributed by atoms with E-state index in [2.05, 4.69) is 5.32 Å². The molecule has 1 heterocycles. The Morgan fingerprint density at radius 3 is 3.00 bits per heavy atom. The lowest BCUT2D eigenvalue weighted by Crippen LogP contribution is -2.45. The minimum Gasteiger partial charge on any atom is -0.376 e. The van der Waals surface area contributed by atoms with Crippen LogP contribution in [0.15, 0.2) is 0 Å². The van der Waals surface area contributed by atoms with Crippen LogP contribution in [0.2, 0.25) is 0 Å². The SMILES string of the molecule is CC(C#N)NC(=O)C1COCCO1. The van der Waals surface area contributed by atoms with Crippen LogP contribution >= 0.6 is 0 Å². The largest absolute Gasteiger partial charge is 0.376 e. The van der Waals surface area contributed by atoms with Gasteiger partial charge in [0.1, 0.15) is 6.04 Å². The maximum atomic E-state index is 11.3. The summed E-state index contributed by atoms with van der Waals surface area (Å²) in [6.45, 7) is 2.84. The number of nitriles is 1. The molecule has 1 saturated heterocycles. The van der Waals surface area contributed by atoms with Crippen LogP contribution in [0, 0.1) is 11.3 Å². The summed E-state index contributed by atoms with van der Waals surface area (Å²) in [5.41, 5.74) is 0. The molecule has 0 bridgehead atoms. The molecule has 2 unspecified atom stereocenters. The first-order valence-electron chi connectivity index (χ1n) is 4.13. The van der Waals surface area contributed by atoms with Gasteiger partial charge >= 0.3 is 0 Å². The molecule has 1 aliphatic heterocycles. The van der Waals surface area contributed by atoms with E-state index < -0.39 is 12.1 Å². The summed E-state index contributed by atoms with van der Waals surface area (Å²) in [5, 5.41) is 10.9. The minimum atomic E-state index is -0.565. The highest BCUT2D eigenvalue weighted by atomic mass is 16.6. The first-order valence-corrected chi connectivity index (χ1v) is 4.13. The summed E-state index contributed by atoms with van der Waals surface area (Å²) < 4.78 is 10.2. The second-order valence-corrected chi connectivity index (χ2v) is 2.79. The van der Waals surface area contributed by atoms with Crippen LogP contribution in [0.3, 0.4) is 0 Å². The van der Waals surface area contributed by atoms with E-state index in [1.54, 1.807) is 6.92 Å². The van der Waals surface area contributed by atoms with Gasteiger partial charge in [-0.25, -0.2) is 0 Å². The van der Waals surface area contributed by atoms with Gasteiger partial charge in [-0.15, -0.1) is 0 Å². The van der Waals surface area contributed by atoms with E-state index in [0.717, 1.165) is 0 Å². The maximum Gasteiger partial charge on any atom is 0.252 e. The molecule has 0 saturated carbocycles. The maximum absolute atomic E-state index is 11.3. The monoisotopic (exact) mass is 184 g/mol. The minimum absolute atomic E-state index is 0.268. The molecule has 2 atom stereocenters. The number of hydrogen-bond donors (Lipinski definition) is 1. The highest BCUT2D eigenvalue weighted by molar-refractivity contribution is 5.81. The molecular formula is C8H12N2O3. The van der Waals surface area contributed by atoms with Crippen molar-refractivity contribution in [3.63, 3.8) is 0 Å². The van der Waals surface area contributed by atoms with E-state index >= 15 is 0 Å². The smallest absolute Gasteiger partial charge is 0.252 e. The fourth-order valence-corrected chi connectivity index (χ4v) is 0.978. The first kappa shape index (κ1) is 9.96. The van der Waals surface area contributed by atoms with E-state index in [9.17, 15) is 4.79 Å². The normalized spacial score (nSPS) is 24.5. The van der Waals surface area contributed by atoms with Gasteiger partial charge in [-0.1, -0.05) is 0 Å². The third kappa shape index (κ3) is 3.01. The molecule has 5 heteroatoms. The van der Waals surface area contributed by atoms with Crippen LogP contribution in [0.1, 0.15) is 6.92 Å². The molecule has 0 aromatic carbocycles. The van der Waals surface area contributed by atoms with Gasteiger partial charge in [0.25, 0.3) is 5.91 Å². The summed E-state index contributed by atoms with van der Waals surface area (Å²) in [5.74, 6) is -0.284. The van der Waals surface area contributed by atoms with E-state index in [-0.39, 0.29) is 12.5 Å². The quantitative estimate of drug-likeness (QED) is 0.623. The molecule has 1 N–H and O–H groups in total. The Kier molecular flexibility index (Phi) is 3.68. The third-order valence-corrected chi connectivity index (χ3v) is 1.66. The Morgan fingerprint density at radius 2 is 2.46 bits per heavy atom. The molecule has 1 rings (SSSR count). The topological polar surface area (TPSA) is 71.4 Å². The fraction of sp³-hybridized carbons (Fsp3) is 0.750. The predicted molar refractivity (Wildman–Crippen MR) is 43.8 cm³/mol. The zero-order valence-corrected chi connectivity index (χ0v) is 7.45. The van der Waals surface area contributed by atoms with Crippen molar-refractivity contribution < 1.29 is 14.3 Å². The lowest BCUT2D eigenvalue weighted by atomic mass is 10.3. The molecule has 0 aromatic rings. The number of nitrogens with one attached hydrogen (secondary N) is 1. The summed E-state index contributed by atoms with van der Waals surface area (Å²) in [4.78, 5) is 11.3. The summed E-state index contributed by atoms with van der Waals surface area (Å²) in [6.07, 6.45) is -0.565. The zero-order chi connectivity index (χ0) is 9.68. The van der Waals surface area contributed by atoms with Crippen LogP contribution in [0.25, 0.3) is 0 Å². The van der Waals surface area contributed by atoms with Crippen LogP contribution in [0.5, 0.6) is 0 Å². The number of carbonyl (C=O) groups is 1. The van der Waals surface area contributed by atoms with E-state index in [1.807, 2.05) is 6.07 Å². The first-order chi connectivity index (χ1) is 6.24. The Hall–Kier alpha value is -1.12. The van der Waals surface area contributed by atoms with Gasteiger partial charge in [-0.3, -0.25) is 4.79 Å². The van der Waals surface area contributed by atoms with Gasteiger partial charge in [-0.2, -0.15) is 5.26 Å². The lowest BCUT2D eigenvalue weighted by molar-refractivity contribution is -0.147. The molecule has 5 nitrogen and oxygen atoms in total. The van der Waals surface area contributed by atoms with Crippen LogP contribution in [-0.2, 0) is 14.3 Å². The molecule has 13 heavy (non-hydrogen) atoms. The Balaban J connectivity index is 2.34. The molecule has 1 amide bonds. The second kappa shape index (κ2) is 4.80. The lowest BCUT2D eigenvalue weighted by Gasteiger charge is -2.22. The Morgan fingerprint density at radius 1 is 1.69 bits per heavy atom. The highest BCUT2D eigenvalue weighted by Crippen LogP contribution is 2.00. The Bertz CT molecular complexity index is 218. The number of carbonyl (C=O) groups excluding carboxylic acids is 1. The van der Waals surface area contributed by atoms with Crippen LogP contribution in [-0.4, -0.2) is 37.9 Å². The van der Waals surface area contributed by atoms with E-state index in [0.29, 0.717) is 13.2 Å². The van der Waals surface area contributed by atoms with Crippen molar-refractivity contribution >= 4 is 5.91 Å². The molecule has 1 aliphatic rings. The Labute approximate surface area is 76.6 Å². The summed E-state index contributed by atoms with van der Waals surface area (Å²) in [7, 11) is 0.